The Morgan fingerprint density at radius 2 is 1.56 bits per heavy atom. The summed E-state index contributed by atoms with van der Waals surface area (Å²) in [5, 5.41) is 3.50. The van der Waals surface area contributed by atoms with Crippen molar-refractivity contribution in [1.82, 2.24) is 4.90 Å². The number of hydrogen-bond acceptors (Lipinski definition) is 3. The highest BCUT2D eigenvalue weighted by atomic mass is 19.1. The van der Waals surface area contributed by atoms with Gasteiger partial charge in [-0.25, -0.2) is 4.39 Å². The highest BCUT2D eigenvalue weighted by molar-refractivity contribution is 6.07. The Kier molecular flexibility index (Phi) is 5.50. The number of nitrogens with one attached hydrogen (secondary N) is 1. The summed E-state index contributed by atoms with van der Waals surface area (Å²) in [6.07, 6.45) is 3.23. The molecule has 4 nitrogen and oxygen atoms in total. The van der Waals surface area contributed by atoms with Crippen LogP contribution in [0, 0.1) is 5.82 Å². The first-order chi connectivity index (χ1) is 15.6. The molecule has 162 valence electrons. The van der Waals surface area contributed by atoms with Crippen molar-refractivity contribution in [3.8, 4) is 0 Å². The Bertz CT molecular complexity index is 1120. The second-order valence-electron chi connectivity index (χ2n) is 8.50. The van der Waals surface area contributed by atoms with E-state index in [9.17, 15) is 9.18 Å². The Labute approximate surface area is 188 Å². The lowest BCUT2D eigenvalue weighted by Crippen LogP contribution is -2.56. The molecule has 1 fully saturated rings. The molecule has 0 unspecified atom stereocenters. The summed E-state index contributed by atoms with van der Waals surface area (Å²) in [5.41, 5.74) is 3.20. The van der Waals surface area contributed by atoms with Crippen molar-refractivity contribution in [2.75, 3.05) is 23.3 Å². The molecule has 0 saturated carbocycles. The molecule has 0 bridgehead atoms. The number of halogens is 1. The number of benzene rings is 3. The van der Waals surface area contributed by atoms with Gasteiger partial charge in [0.2, 0.25) is 0 Å². The maximum Gasteiger partial charge on any atom is 0.253 e. The monoisotopic (exact) mass is 427 g/mol. The molecule has 5 rings (SSSR count). The van der Waals surface area contributed by atoms with Gasteiger partial charge in [-0.2, -0.15) is 0 Å². The van der Waals surface area contributed by atoms with Crippen LogP contribution in [0.5, 0.6) is 0 Å². The zero-order valence-electron chi connectivity index (χ0n) is 17.9. The quantitative estimate of drug-likeness (QED) is 0.608. The molecule has 3 aromatic carbocycles. The van der Waals surface area contributed by atoms with Gasteiger partial charge >= 0.3 is 0 Å². The van der Waals surface area contributed by atoms with Crippen LogP contribution >= 0.6 is 0 Å². The lowest BCUT2D eigenvalue weighted by Gasteiger charge is -2.46. The molecule has 2 aliphatic rings. The van der Waals surface area contributed by atoms with E-state index >= 15 is 0 Å². The number of likely N-dealkylation sites (tertiary alicyclic amines) is 1. The minimum Gasteiger partial charge on any atom is -0.357 e. The van der Waals surface area contributed by atoms with E-state index in [4.69, 9.17) is 0 Å². The van der Waals surface area contributed by atoms with Crippen molar-refractivity contribution < 1.29 is 9.18 Å². The van der Waals surface area contributed by atoms with Gasteiger partial charge in [-0.1, -0.05) is 54.6 Å². The largest absolute Gasteiger partial charge is 0.357 e. The van der Waals surface area contributed by atoms with Gasteiger partial charge < -0.3 is 5.32 Å². The van der Waals surface area contributed by atoms with Gasteiger partial charge in [0, 0.05) is 42.8 Å². The van der Waals surface area contributed by atoms with E-state index in [0.29, 0.717) is 5.69 Å². The van der Waals surface area contributed by atoms with Gasteiger partial charge in [-0.3, -0.25) is 14.6 Å². The molecule has 0 radical (unpaired) electrons. The molecule has 32 heavy (non-hydrogen) atoms. The molecule has 3 aromatic rings. The third kappa shape index (κ3) is 3.92. The fourth-order valence-electron chi connectivity index (χ4n) is 4.89. The fourth-order valence-corrected chi connectivity index (χ4v) is 4.89. The number of rotatable bonds is 5. The molecule has 0 atom stereocenters. The molecule has 1 amide bonds. The van der Waals surface area contributed by atoms with Gasteiger partial charge in [0.25, 0.3) is 5.91 Å². The average molecular weight is 428 g/mol. The molecule has 0 aliphatic carbocycles. The van der Waals surface area contributed by atoms with Crippen LogP contribution in [0.15, 0.2) is 96.7 Å². The SMILES string of the molecule is O=C1C=C(Nc2ccccc2)C2(CCN(Cc3ccccc3)CC2)N1c1cccc(F)c1. The fraction of sp³-hybridized carbons (Fsp3) is 0.222. The van der Waals surface area contributed by atoms with Crippen molar-refractivity contribution in [2.24, 2.45) is 0 Å². The first-order valence-corrected chi connectivity index (χ1v) is 11.0. The topological polar surface area (TPSA) is 35.6 Å². The summed E-state index contributed by atoms with van der Waals surface area (Å²) in [6.45, 7) is 2.58. The number of piperidine rings is 1. The van der Waals surface area contributed by atoms with Gasteiger partial charge in [-0.15, -0.1) is 0 Å². The highest BCUT2D eigenvalue weighted by Gasteiger charge is 2.50. The van der Waals surface area contributed by atoms with Crippen LogP contribution in [0.1, 0.15) is 18.4 Å². The molecular formula is C27H26FN3O. The van der Waals surface area contributed by atoms with E-state index in [2.05, 4.69) is 34.5 Å². The van der Waals surface area contributed by atoms with Crippen molar-refractivity contribution in [3.63, 3.8) is 0 Å². The number of para-hydroxylation sites is 1. The Morgan fingerprint density at radius 1 is 0.875 bits per heavy atom. The molecule has 1 N–H and O–H groups in total. The Morgan fingerprint density at radius 3 is 2.25 bits per heavy atom. The van der Waals surface area contributed by atoms with Gasteiger partial charge in [0.05, 0.1) is 5.54 Å². The molecule has 2 heterocycles. The summed E-state index contributed by atoms with van der Waals surface area (Å²) in [5.74, 6) is -0.443. The number of nitrogens with zero attached hydrogens (tertiary/aromatic N) is 2. The number of hydrogen-bond donors (Lipinski definition) is 1. The second kappa shape index (κ2) is 8.60. The highest BCUT2D eigenvalue weighted by Crippen LogP contribution is 2.43. The standard InChI is InChI=1S/C27H26FN3O/c28-22-10-7-13-24(18-22)31-26(32)19-25(29-23-11-5-2-6-12-23)27(31)14-16-30(17-15-27)20-21-8-3-1-4-9-21/h1-13,18-19,29H,14-17,20H2. The van der Waals surface area contributed by atoms with E-state index in [1.165, 1.54) is 17.7 Å². The molecule has 5 heteroatoms. The van der Waals surface area contributed by atoms with Crippen molar-refractivity contribution in [1.29, 1.82) is 0 Å². The molecule has 0 aromatic heterocycles. The van der Waals surface area contributed by atoms with Crippen molar-refractivity contribution in [2.45, 2.75) is 24.9 Å². The smallest absolute Gasteiger partial charge is 0.253 e. The number of anilines is 2. The summed E-state index contributed by atoms with van der Waals surface area (Å²) in [6, 6.07) is 26.7. The molecule has 1 saturated heterocycles. The van der Waals surface area contributed by atoms with Crippen LogP contribution in [0.3, 0.4) is 0 Å². The summed E-state index contributed by atoms with van der Waals surface area (Å²) < 4.78 is 14.1. The van der Waals surface area contributed by atoms with Gasteiger partial charge in [0.1, 0.15) is 5.82 Å². The van der Waals surface area contributed by atoms with Crippen LogP contribution in [0.4, 0.5) is 15.8 Å². The van der Waals surface area contributed by atoms with E-state index < -0.39 is 5.54 Å². The zero-order valence-corrected chi connectivity index (χ0v) is 17.9. The van der Waals surface area contributed by atoms with Gasteiger partial charge in [-0.05, 0) is 48.7 Å². The molecular weight excluding hydrogens is 401 g/mol. The van der Waals surface area contributed by atoms with Crippen LogP contribution in [0.2, 0.25) is 0 Å². The first kappa shape index (κ1) is 20.5. The summed E-state index contributed by atoms with van der Waals surface area (Å²) in [7, 11) is 0. The number of carbonyl (C=O) groups excluding carboxylic acids is 1. The second-order valence-corrected chi connectivity index (χ2v) is 8.50. The van der Waals surface area contributed by atoms with E-state index in [-0.39, 0.29) is 11.7 Å². The van der Waals surface area contributed by atoms with Crippen molar-refractivity contribution in [3.05, 3.63) is 108 Å². The third-order valence-electron chi connectivity index (χ3n) is 6.47. The lowest BCUT2D eigenvalue weighted by molar-refractivity contribution is -0.114. The summed E-state index contributed by atoms with van der Waals surface area (Å²) in [4.78, 5) is 17.4. The molecule has 2 aliphatic heterocycles. The maximum absolute atomic E-state index is 14.1. The van der Waals surface area contributed by atoms with Gasteiger partial charge in [0.15, 0.2) is 0 Å². The van der Waals surface area contributed by atoms with Crippen LogP contribution in [0.25, 0.3) is 0 Å². The summed E-state index contributed by atoms with van der Waals surface area (Å²) >= 11 is 0. The Hall–Kier alpha value is -3.44. The van der Waals surface area contributed by atoms with E-state index in [1.807, 2.05) is 42.5 Å². The van der Waals surface area contributed by atoms with Crippen LogP contribution in [-0.4, -0.2) is 29.4 Å². The Balaban J connectivity index is 1.44. The first-order valence-electron chi connectivity index (χ1n) is 11.0. The molecule has 1 spiro atoms. The normalized spacial score (nSPS) is 18.1. The van der Waals surface area contributed by atoms with E-state index in [1.54, 1.807) is 17.0 Å². The minimum atomic E-state index is -0.520. The predicted octanol–water partition coefficient (Wildman–Crippen LogP) is 5.20. The predicted molar refractivity (Wildman–Crippen MR) is 126 cm³/mol. The third-order valence-corrected chi connectivity index (χ3v) is 6.47. The number of carbonyl (C=O) groups is 1. The van der Waals surface area contributed by atoms with E-state index in [0.717, 1.165) is 43.9 Å². The lowest BCUT2D eigenvalue weighted by atomic mass is 9.83. The average Bonchev–Trinajstić information content (AvgIpc) is 3.07. The minimum absolute atomic E-state index is 0.106. The van der Waals surface area contributed by atoms with Crippen LogP contribution in [-0.2, 0) is 11.3 Å². The van der Waals surface area contributed by atoms with Crippen molar-refractivity contribution >= 4 is 17.3 Å². The van der Waals surface area contributed by atoms with Crippen LogP contribution < -0.4 is 10.2 Å². The number of amides is 1. The maximum atomic E-state index is 14.1. The zero-order chi connectivity index (χ0) is 22.0.